The number of hydrogen-bond acceptors (Lipinski definition) is 5. The summed E-state index contributed by atoms with van der Waals surface area (Å²) in [4.78, 5) is 16.9. The third-order valence-corrected chi connectivity index (χ3v) is 7.00. The third kappa shape index (κ3) is 4.41. The Morgan fingerprint density at radius 3 is 2.30 bits per heavy atom. The van der Waals surface area contributed by atoms with Gasteiger partial charge >= 0.3 is 0 Å². The normalized spacial score (nSPS) is 11.4. The van der Waals surface area contributed by atoms with E-state index in [-0.39, 0.29) is 10.8 Å². The van der Waals surface area contributed by atoms with Gasteiger partial charge in [0, 0.05) is 16.3 Å². The second-order valence-electron chi connectivity index (χ2n) is 6.20. The number of carbonyl (C=O) groups excluding carboxylic acids is 1. The average molecular weight is 478 g/mol. The van der Waals surface area contributed by atoms with Gasteiger partial charge in [-0.15, -0.1) is 0 Å². The summed E-state index contributed by atoms with van der Waals surface area (Å²) in [5, 5.41) is 4.12. The van der Waals surface area contributed by atoms with Crippen molar-refractivity contribution in [2.24, 2.45) is 0 Å². The summed E-state index contributed by atoms with van der Waals surface area (Å²) in [7, 11) is -3.76. The van der Waals surface area contributed by atoms with Crippen molar-refractivity contribution in [1.29, 1.82) is 0 Å². The monoisotopic (exact) mass is 477 g/mol. The van der Waals surface area contributed by atoms with Crippen LogP contribution in [0.25, 0.3) is 10.2 Å². The van der Waals surface area contributed by atoms with Crippen molar-refractivity contribution in [3.05, 3.63) is 82.3 Å². The first-order valence-corrected chi connectivity index (χ1v) is 11.6. The Morgan fingerprint density at radius 1 is 0.933 bits per heavy atom. The van der Waals surface area contributed by atoms with Crippen molar-refractivity contribution in [2.45, 2.75) is 4.90 Å². The van der Waals surface area contributed by atoms with Crippen LogP contribution in [-0.2, 0) is 10.0 Å². The molecule has 3 aromatic carbocycles. The third-order valence-electron chi connectivity index (χ3n) is 4.11. The van der Waals surface area contributed by atoms with Gasteiger partial charge in [0.2, 0.25) is 0 Å². The average Bonchev–Trinajstić information content (AvgIpc) is 3.12. The largest absolute Gasteiger partial charge is 0.298 e. The Kier molecular flexibility index (Phi) is 5.66. The highest BCUT2D eigenvalue weighted by molar-refractivity contribution is 7.92. The molecule has 152 valence electrons. The number of para-hydroxylation sites is 1. The molecule has 0 radical (unpaired) electrons. The summed E-state index contributed by atoms with van der Waals surface area (Å²) in [6, 6.07) is 17.3. The van der Waals surface area contributed by atoms with Gasteiger partial charge in [-0.25, -0.2) is 13.4 Å². The van der Waals surface area contributed by atoms with Crippen LogP contribution in [0.15, 0.2) is 71.6 Å². The summed E-state index contributed by atoms with van der Waals surface area (Å²) in [5.41, 5.74) is 1.31. The molecule has 1 amide bonds. The van der Waals surface area contributed by atoms with Crippen LogP contribution in [0.1, 0.15) is 10.4 Å². The van der Waals surface area contributed by atoms with Crippen molar-refractivity contribution in [2.75, 3.05) is 10.0 Å². The van der Waals surface area contributed by atoms with Gasteiger partial charge in [-0.05, 0) is 60.7 Å². The number of nitrogens with zero attached hydrogens (tertiary/aromatic N) is 1. The van der Waals surface area contributed by atoms with E-state index in [4.69, 9.17) is 23.2 Å². The maximum atomic E-state index is 12.5. The van der Waals surface area contributed by atoms with Crippen LogP contribution in [0.3, 0.4) is 0 Å². The van der Waals surface area contributed by atoms with Crippen LogP contribution >= 0.6 is 34.5 Å². The van der Waals surface area contributed by atoms with Gasteiger partial charge in [0.25, 0.3) is 15.9 Å². The van der Waals surface area contributed by atoms with Crippen LogP contribution in [0.4, 0.5) is 10.8 Å². The van der Waals surface area contributed by atoms with Gasteiger partial charge in [-0.3, -0.25) is 14.8 Å². The lowest BCUT2D eigenvalue weighted by Crippen LogP contribution is -2.14. The number of thiazole rings is 1. The minimum Gasteiger partial charge on any atom is -0.298 e. The number of rotatable bonds is 5. The van der Waals surface area contributed by atoms with E-state index in [9.17, 15) is 13.2 Å². The predicted molar refractivity (Wildman–Crippen MR) is 121 cm³/mol. The number of sulfonamides is 1. The number of carbonyl (C=O) groups is 1. The Balaban J connectivity index is 1.47. The van der Waals surface area contributed by atoms with Gasteiger partial charge in [0.1, 0.15) is 5.52 Å². The zero-order valence-corrected chi connectivity index (χ0v) is 18.2. The quantitative estimate of drug-likeness (QED) is 0.388. The molecule has 10 heteroatoms. The maximum Gasteiger partial charge on any atom is 0.261 e. The fourth-order valence-corrected chi connectivity index (χ4v) is 5.00. The van der Waals surface area contributed by atoms with Gasteiger partial charge in [-0.2, -0.15) is 0 Å². The van der Waals surface area contributed by atoms with Crippen LogP contribution in [0.5, 0.6) is 0 Å². The molecule has 2 N–H and O–H groups in total. The minimum absolute atomic E-state index is 0.0863. The molecule has 0 aliphatic carbocycles. The van der Waals surface area contributed by atoms with Gasteiger partial charge in [0.15, 0.2) is 5.13 Å². The van der Waals surface area contributed by atoms with Gasteiger partial charge in [-0.1, -0.05) is 40.6 Å². The van der Waals surface area contributed by atoms with E-state index in [0.29, 0.717) is 31.9 Å². The van der Waals surface area contributed by atoms with Crippen molar-refractivity contribution in [3.8, 4) is 0 Å². The molecule has 0 spiro atoms. The molecule has 1 aromatic heterocycles. The Labute approximate surface area is 186 Å². The molecular formula is C20H13Cl2N3O3S2. The summed E-state index contributed by atoms with van der Waals surface area (Å²) in [6.45, 7) is 0. The number of aromatic nitrogens is 1. The number of amides is 1. The number of anilines is 2. The molecule has 0 saturated carbocycles. The second kappa shape index (κ2) is 8.23. The molecule has 0 unspecified atom stereocenters. The maximum absolute atomic E-state index is 12.5. The lowest BCUT2D eigenvalue weighted by Gasteiger charge is -2.09. The fourth-order valence-electron chi connectivity index (χ4n) is 2.66. The lowest BCUT2D eigenvalue weighted by molar-refractivity contribution is 0.102. The van der Waals surface area contributed by atoms with Crippen LogP contribution < -0.4 is 10.0 Å². The number of halogens is 2. The summed E-state index contributed by atoms with van der Waals surface area (Å²) in [6.07, 6.45) is 0. The Hall–Kier alpha value is -2.65. The standard InChI is InChI=1S/C20H13Cl2N3O3S2/c21-13-6-10-15(11-7-13)30(27,28)25-14-8-4-12(5-9-14)19(26)24-20-23-18-16(22)2-1-3-17(18)29-20/h1-11,25H,(H,23,24,26). The molecule has 0 aliphatic rings. The summed E-state index contributed by atoms with van der Waals surface area (Å²) >= 11 is 13.2. The molecule has 0 aliphatic heterocycles. The zero-order valence-electron chi connectivity index (χ0n) is 15.1. The highest BCUT2D eigenvalue weighted by Gasteiger charge is 2.15. The smallest absolute Gasteiger partial charge is 0.261 e. The molecule has 0 fully saturated rings. The molecule has 0 bridgehead atoms. The first kappa shape index (κ1) is 20.6. The van der Waals surface area contributed by atoms with E-state index in [1.54, 1.807) is 6.07 Å². The molecule has 4 rings (SSSR count). The van der Waals surface area contributed by atoms with Gasteiger partial charge < -0.3 is 0 Å². The van der Waals surface area contributed by atoms with E-state index >= 15 is 0 Å². The molecule has 30 heavy (non-hydrogen) atoms. The van der Waals surface area contributed by atoms with E-state index in [2.05, 4.69) is 15.0 Å². The fraction of sp³-hybridized carbons (Fsp3) is 0. The van der Waals surface area contributed by atoms with Crippen LogP contribution in [0.2, 0.25) is 10.0 Å². The number of fused-ring (bicyclic) bond motifs is 1. The van der Waals surface area contributed by atoms with Crippen molar-refractivity contribution < 1.29 is 13.2 Å². The summed E-state index contributed by atoms with van der Waals surface area (Å²) in [5.74, 6) is -0.364. The SMILES string of the molecule is O=C(Nc1nc2c(Cl)cccc2s1)c1ccc(NS(=O)(=O)c2ccc(Cl)cc2)cc1. The van der Waals surface area contributed by atoms with Crippen molar-refractivity contribution in [3.63, 3.8) is 0 Å². The summed E-state index contributed by atoms with van der Waals surface area (Å²) < 4.78 is 28.2. The molecule has 0 saturated heterocycles. The van der Waals surface area contributed by atoms with Crippen molar-refractivity contribution in [1.82, 2.24) is 4.98 Å². The number of hydrogen-bond donors (Lipinski definition) is 2. The second-order valence-corrected chi connectivity index (χ2v) is 9.75. The zero-order chi connectivity index (χ0) is 21.3. The van der Waals surface area contributed by atoms with Crippen LogP contribution in [-0.4, -0.2) is 19.3 Å². The van der Waals surface area contributed by atoms with Crippen LogP contribution in [0, 0.1) is 0 Å². The van der Waals surface area contributed by atoms with E-state index in [0.717, 1.165) is 4.70 Å². The highest BCUT2D eigenvalue weighted by Crippen LogP contribution is 2.31. The molecule has 0 atom stereocenters. The number of nitrogens with one attached hydrogen (secondary N) is 2. The predicted octanol–water partition coefficient (Wildman–Crippen LogP) is 5.66. The molecular weight excluding hydrogens is 465 g/mol. The Morgan fingerprint density at radius 2 is 1.63 bits per heavy atom. The van der Waals surface area contributed by atoms with Crippen molar-refractivity contribution >= 4 is 71.5 Å². The molecule has 4 aromatic rings. The molecule has 1 heterocycles. The number of benzene rings is 3. The first-order valence-electron chi connectivity index (χ1n) is 8.57. The van der Waals surface area contributed by atoms with E-state index in [1.165, 1.54) is 59.9 Å². The Bertz CT molecular complexity index is 1340. The minimum atomic E-state index is -3.76. The highest BCUT2D eigenvalue weighted by atomic mass is 35.5. The topological polar surface area (TPSA) is 88.2 Å². The molecule has 6 nitrogen and oxygen atoms in total. The van der Waals surface area contributed by atoms with E-state index in [1.807, 2.05) is 12.1 Å². The van der Waals surface area contributed by atoms with E-state index < -0.39 is 10.0 Å². The first-order chi connectivity index (χ1) is 14.3. The lowest BCUT2D eigenvalue weighted by atomic mass is 10.2. The van der Waals surface area contributed by atoms with Gasteiger partial charge in [0.05, 0.1) is 14.6 Å².